The standard InChI is InChI=1S/C20H29N5OS.ClH/c1-14-12-24(19(26)18(21)20(2,3)27-4)13-17-23-22-16(25(14)17)11-10-15-8-6-5-7-9-15;/h5-9,14,18H,10-13,21H2,1-4H3;1H/t14-,18+;/m0./s1. The summed E-state index contributed by atoms with van der Waals surface area (Å²) < 4.78 is 1.89. The molecule has 2 aromatic rings. The molecular formula is C20H30ClN5OS. The summed E-state index contributed by atoms with van der Waals surface area (Å²) in [5, 5.41) is 8.77. The minimum atomic E-state index is -0.535. The number of carbonyl (C=O) groups excluding carboxylic acids is 1. The number of aryl methyl sites for hydroxylation is 2. The minimum absolute atomic E-state index is 0. The fourth-order valence-electron chi connectivity index (χ4n) is 3.47. The first-order valence-electron chi connectivity index (χ1n) is 9.39. The molecule has 1 amide bonds. The summed E-state index contributed by atoms with van der Waals surface area (Å²) in [4.78, 5) is 14.7. The van der Waals surface area contributed by atoms with Gasteiger partial charge in [-0.1, -0.05) is 30.3 Å². The second-order valence-electron chi connectivity index (χ2n) is 7.74. The Bertz CT molecular complexity index is 795. The lowest BCUT2D eigenvalue weighted by Crippen LogP contribution is -2.55. The van der Waals surface area contributed by atoms with Crippen LogP contribution in [-0.4, -0.2) is 49.2 Å². The predicted molar refractivity (Wildman–Crippen MR) is 117 cm³/mol. The largest absolute Gasteiger partial charge is 0.332 e. The highest BCUT2D eigenvalue weighted by Crippen LogP contribution is 2.28. The van der Waals surface area contributed by atoms with Gasteiger partial charge < -0.3 is 15.2 Å². The van der Waals surface area contributed by atoms with Crippen LogP contribution in [0.15, 0.2) is 30.3 Å². The quantitative estimate of drug-likeness (QED) is 0.772. The second-order valence-corrected chi connectivity index (χ2v) is 9.20. The summed E-state index contributed by atoms with van der Waals surface area (Å²) in [6.07, 6.45) is 3.76. The van der Waals surface area contributed by atoms with Gasteiger partial charge in [0.1, 0.15) is 5.82 Å². The van der Waals surface area contributed by atoms with Crippen LogP contribution < -0.4 is 5.73 Å². The number of benzene rings is 1. The molecule has 28 heavy (non-hydrogen) atoms. The van der Waals surface area contributed by atoms with E-state index in [1.54, 1.807) is 11.8 Å². The number of halogens is 1. The average Bonchev–Trinajstić information content (AvgIpc) is 3.09. The minimum Gasteiger partial charge on any atom is -0.332 e. The summed E-state index contributed by atoms with van der Waals surface area (Å²) in [5.74, 6) is 1.82. The number of hydrogen-bond donors (Lipinski definition) is 1. The Kier molecular flexibility index (Phi) is 7.53. The van der Waals surface area contributed by atoms with E-state index in [1.165, 1.54) is 5.56 Å². The number of nitrogens with zero attached hydrogens (tertiary/aromatic N) is 4. The van der Waals surface area contributed by atoms with Crippen LogP contribution in [0.3, 0.4) is 0 Å². The highest BCUT2D eigenvalue weighted by atomic mass is 35.5. The summed E-state index contributed by atoms with van der Waals surface area (Å²) in [7, 11) is 0. The lowest BCUT2D eigenvalue weighted by molar-refractivity contribution is -0.135. The van der Waals surface area contributed by atoms with E-state index in [-0.39, 0.29) is 29.1 Å². The smallest absolute Gasteiger partial charge is 0.241 e. The van der Waals surface area contributed by atoms with Crippen LogP contribution in [0.25, 0.3) is 0 Å². The van der Waals surface area contributed by atoms with Crippen LogP contribution >= 0.6 is 24.2 Å². The molecule has 154 valence electrons. The Balaban J connectivity index is 0.00000280. The van der Waals surface area contributed by atoms with E-state index in [0.29, 0.717) is 13.1 Å². The van der Waals surface area contributed by atoms with Crippen molar-refractivity contribution in [2.45, 2.75) is 57.0 Å². The van der Waals surface area contributed by atoms with Gasteiger partial charge in [-0.25, -0.2) is 0 Å². The first-order chi connectivity index (χ1) is 12.8. The van der Waals surface area contributed by atoms with Crippen LogP contribution in [0.2, 0.25) is 0 Å². The molecular weight excluding hydrogens is 394 g/mol. The van der Waals surface area contributed by atoms with Gasteiger partial charge in [-0.2, -0.15) is 11.8 Å². The lowest BCUT2D eigenvalue weighted by Gasteiger charge is -2.37. The van der Waals surface area contributed by atoms with Crippen LogP contribution in [0, 0.1) is 0 Å². The van der Waals surface area contributed by atoms with Gasteiger partial charge in [0, 0.05) is 17.7 Å². The first kappa shape index (κ1) is 22.7. The van der Waals surface area contributed by atoms with E-state index in [0.717, 1.165) is 24.5 Å². The van der Waals surface area contributed by atoms with Gasteiger partial charge in [0.15, 0.2) is 5.82 Å². The highest BCUT2D eigenvalue weighted by molar-refractivity contribution is 8.00. The van der Waals surface area contributed by atoms with Crippen LogP contribution in [0.1, 0.15) is 44.0 Å². The van der Waals surface area contributed by atoms with E-state index < -0.39 is 6.04 Å². The number of amides is 1. The van der Waals surface area contributed by atoms with Crippen molar-refractivity contribution in [3.8, 4) is 0 Å². The third-order valence-electron chi connectivity index (χ3n) is 5.43. The van der Waals surface area contributed by atoms with Gasteiger partial charge in [0.05, 0.1) is 18.6 Å². The Labute approximate surface area is 177 Å². The number of thioether (sulfide) groups is 1. The fraction of sp³-hybridized carbons (Fsp3) is 0.550. The molecule has 0 aliphatic carbocycles. The average molecular weight is 424 g/mol. The van der Waals surface area contributed by atoms with Crippen molar-refractivity contribution < 1.29 is 4.79 Å². The molecule has 1 aliphatic rings. The van der Waals surface area contributed by atoms with Gasteiger partial charge in [-0.3, -0.25) is 4.79 Å². The lowest BCUT2D eigenvalue weighted by atomic mass is 10.0. The molecule has 0 radical (unpaired) electrons. The molecule has 8 heteroatoms. The summed E-state index contributed by atoms with van der Waals surface area (Å²) in [6, 6.07) is 10.0. The molecule has 2 N–H and O–H groups in total. The molecule has 1 aromatic carbocycles. The SMILES string of the molecule is CSC(C)(C)[C@H](N)C(=O)N1Cc2nnc(CCc3ccccc3)n2[C@@H](C)C1.Cl. The van der Waals surface area contributed by atoms with Crippen LogP contribution in [-0.2, 0) is 24.2 Å². The molecule has 2 atom stereocenters. The maximum atomic E-state index is 12.9. The monoisotopic (exact) mass is 423 g/mol. The van der Waals surface area contributed by atoms with Gasteiger partial charge in [0.25, 0.3) is 0 Å². The first-order valence-corrected chi connectivity index (χ1v) is 10.6. The number of aromatic nitrogens is 3. The molecule has 0 unspecified atom stereocenters. The zero-order valence-electron chi connectivity index (χ0n) is 17.0. The Morgan fingerprint density at radius 1 is 1.29 bits per heavy atom. The van der Waals surface area contributed by atoms with Crippen molar-refractivity contribution in [1.82, 2.24) is 19.7 Å². The van der Waals surface area contributed by atoms with Gasteiger partial charge >= 0.3 is 0 Å². The molecule has 2 heterocycles. The van der Waals surface area contributed by atoms with Crippen molar-refractivity contribution in [3.05, 3.63) is 47.5 Å². The van der Waals surface area contributed by atoms with Crippen molar-refractivity contribution in [3.63, 3.8) is 0 Å². The Hall–Kier alpha value is -1.57. The van der Waals surface area contributed by atoms with E-state index in [9.17, 15) is 4.79 Å². The number of hydrogen-bond acceptors (Lipinski definition) is 5. The number of fused-ring (bicyclic) bond motifs is 1. The van der Waals surface area contributed by atoms with Gasteiger partial charge in [-0.15, -0.1) is 22.6 Å². The van der Waals surface area contributed by atoms with E-state index in [4.69, 9.17) is 5.73 Å². The zero-order chi connectivity index (χ0) is 19.6. The molecule has 1 aliphatic heterocycles. The highest BCUT2D eigenvalue weighted by Gasteiger charge is 2.37. The van der Waals surface area contributed by atoms with Crippen molar-refractivity contribution in [2.75, 3.05) is 12.8 Å². The molecule has 0 bridgehead atoms. The van der Waals surface area contributed by atoms with Crippen molar-refractivity contribution in [2.24, 2.45) is 5.73 Å². The molecule has 3 rings (SSSR count). The topological polar surface area (TPSA) is 77.0 Å². The molecule has 6 nitrogen and oxygen atoms in total. The van der Waals surface area contributed by atoms with Crippen molar-refractivity contribution in [1.29, 1.82) is 0 Å². The van der Waals surface area contributed by atoms with Gasteiger partial charge in [-0.05, 0) is 39.0 Å². The van der Waals surface area contributed by atoms with E-state index in [2.05, 4.69) is 46.0 Å². The third-order valence-corrected chi connectivity index (χ3v) is 6.73. The summed E-state index contributed by atoms with van der Waals surface area (Å²) >= 11 is 1.62. The summed E-state index contributed by atoms with van der Waals surface area (Å²) in [5.41, 5.74) is 7.56. The van der Waals surface area contributed by atoms with E-state index in [1.807, 2.05) is 31.1 Å². The van der Waals surface area contributed by atoms with Gasteiger partial charge in [0.2, 0.25) is 5.91 Å². The van der Waals surface area contributed by atoms with Crippen molar-refractivity contribution >= 4 is 30.1 Å². The Morgan fingerprint density at radius 2 is 1.96 bits per heavy atom. The maximum absolute atomic E-state index is 12.9. The maximum Gasteiger partial charge on any atom is 0.241 e. The normalized spacial score (nSPS) is 17.6. The number of rotatable bonds is 6. The van der Waals surface area contributed by atoms with Crippen LogP contribution in [0.4, 0.5) is 0 Å². The second kappa shape index (κ2) is 9.29. The molecule has 1 aromatic heterocycles. The number of nitrogens with two attached hydrogens (primary N) is 1. The van der Waals surface area contributed by atoms with Crippen LogP contribution in [0.5, 0.6) is 0 Å². The molecule has 0 fully saturated rings. The predicted octanol–water partition coefficient (Wildman–Crippen LogP) is 2.86. The molecule has 0 saturated heterocycles. The molecule has 0 spiro atoms. The molecule has 0 saturated carbocycles. The fourth-order valence-corrected chi connectivity index (χ4v) is 3.83. The van der Waals surface area contributed by atoms with E-state index >= 15 is 0 Å². The number of carbonyl (C=O) groups is 1. The zero-order valence-corrected chi connectivity index (χ0v) is 18.6. The Morgan fingerprint density at radius 3 is 2.61 bits per heavy atom. The summed E-state index contributed by atoms with van der Waals surface area (Å²) in [6.45, 7) is 7.25. The third kappa shape index (κ3) is 4.70.